The average Bonchev–Trinajstić information content (AvgIpc) is 0.733. The first-order chi connectivity index (χ1) is 60.9. The second kappa shape index (κ2) is 41.6. The van der Waals surface area contributed by atoms with Gasteiger partial charge >= 0.3 is 23.9 Å². The van der Waals surface area contributed by atoms with E-state index in [0.717, 1.165) is 11.9 Å². The molecule has 7 aliphatic heterocycles. The lowest BCUT2D eigenvalue weighted by Crippen LogP contribution is -2.69. The van der Waals surface area contributed by atoms with Crippen molar-refractivity contribution < 1.29 is 207 Å². The monoisotopic (exact) mass is 1870 g/mol. The van der Waals surface area contributed by atoms with Gasteiger partial charge in [-0.05, 0) is 130 Å². The van der Waals surface area contributed by atoms with Crippen LogP contribution in [0.1, 0.15) is 186 Å². The second-order valence-corrected chi connectivity index (χ2v) is 40.5. The number of hydrogen-bond acceptors (Lipinski definition) is 41. The summed E-state index contributed by atoms with van der Waals surface area (Å²) in [6.45, 7) is 21.3. The molecule has 0 bridgehead atoms. The lowest BCUT2D eigenvalue weighted by Gasteiger charge is -2.71. The van der Waals surface area contributed by atoms with Crippen LogP contribution in [0.2, 0.25) is 0 Å². The van der Waals surface area contributed by atoms with Crippen LogP contribution in [0, 0.1) is 62.1 Å². The Labute approximate surface area is 753 Å². The number of rotatable bonds is 32. The highest BCUT2D eigenvalue weighted by Crippen LogP contribution is 2.76. The molecule has 4 saturated carbocycles. The molecule has 49 atom stereocenters. The van der Waals surface area contributed by atoms with Crippen molar-refractivity contribution in [3.63, 3.8) is 0 Å². The van der Waals surface area contributed by atoms with Crippen LogP contribution >= 0.6 is 0 Å². The lowest BCUT2D eigenvalue weighted by atomic mass is 9.33. The maximum absolute atomic E-state index is 16.4. The summed E-state index contributed by atoms with van der Waals surface area (Å²) in [7, 11) is 0. The number of ether oxygens (including phenoxy) is 16. The number of aliphatic hydroxyl groups is 20. The first-order valence-electron chi connectivity index (χ1n) is 45.9. The molecule has 42 nitrogen and oxygen atoms in total. The fraction of sp³-hybridized carbons (Fsp3) is 0.920. The highest BCUT2D eigenvalue weighted by Gasteiger charge is 2.74. The molecule has 12 rings (SSSR count). The number of aliphatic carboxylic acids is 1. The van der Waals surface area contributed by atoms with Crippen molar-refractivity contribution in [2.24, 2.45) is 62.1 Å². The van der Waals surface area contributed by atoms with E-state index in [1.54, 1.807) is 27.7 Å². The molecule has 7 heterocycles. The highest BCUT2D eigenvalue weighted by molar-refractivity contribution is 5.80. The first-order valence-corrected chi connectivity index (χ1v) is 45.9. The minimum atomic E-state index is -2.27. The van der Waals surface area contributed by atoms with Gasteiger partial charge in [0.15, 0.2) is 56.1 Å². The Hall–Kier alpha value is -4.03. The topological polar surface area (TPSA) is 658 Å². The van der Waals surface area contributed by atoms with Crippen LogP contribution in [0.25, 0.3) is 0 Å². The Kier molecular flexibility index (Phi) is 33.5. The van der Waals surface area contributed by atoms with Gasteiger partial charge in [0, 0.05) is 12.8 Å². The van der Waals surface area contributed by atoms with E-state index in [9.17, 15) is 126 Å². The first kappa shape index (κ1) is 105. The van der Waals surface area contributed by atoms with Gasteiger partial charge < -0.3 is 188 Å². The summed E-state index contributed by atoms with van der Waals surface area (Å²) in [5, 5.41) is 234. The average molecular weight is 1870 g/mol. The van der Waals surface area contributed by atoms with E-state index in [1.165, 1.54) is 20.8 Å². The van der Waals surface area contributed by atoms with Crippen molar-refractivity contribution in [1.29, 1.82) is 0 Å². The number of esters is 3. The smallest absolute Gasteiger partial charge is 0.335 e. The molecule has 0 radical (unpaired) electrons. The molecule has 5 aliphatic carbocycles. The van der Waals surface area contributed by atoms with Gasteiger partial charge in [-0.2, -0.15) is 0 Å². The van der Waals surface area contributed by atoms with Crippen molar-refractivity contribution in [3.8, 4) is 0 Å². The van der Waals surface area contributed by atoms with E-state index in [4.69, 9.17) is 75.8 Å². The molecule has 0 aromatic rings. The Bertz CT molecular complexity index is 3830. The van der Waals surface area contributed by atoms with Crippen molar-refractivity contribution >= 4 is 30.2 Å². The molecule has 21 N–H and O–H groups in total. The number of hydrogen-bond donors (Lipinski definition) is 21. The zero-order chi connectivity index (χ0) is 95.7. The number of aliphatic hydroxyl groups excluding tert-OH is 20. The lowest BCUT2D eigenvalue weighted by molar-refractivity contribution is -0.394. The van der Waals surface area contributed by atoms with Crippen LogP contribution in [0.15, 0.2) is 11.6 Å². The molecule has 7 saturated heterocycles. The van der Waals surface area contributed by atoms with Gasteiger partial charge in [-0.1, -0.05) is 93.7 Å². The van der Waals surface area contributed by atoms with Crippen molar-refractivity contribution in [2.45, 2.75) is 426 Å². The van der Waals surface area contributed by atoms with Crippen LogP contribution in [0.4, 0.5) is 0 Å². The quantitative estimate of drug-likeness (QED) is 0.0101. The van der Waals surface area contributed by atoms with Crippen molar-refractivity contribution in [3.05, 3.63) is 11.6 Å². The SMILES string of the molecule is CCC(C)C(CC(O)CC(=O)OC1C(O)C(C)OC(OC(=O)C23CCC(C)(C)CC2C2=CCC4C5(C)CCC(OC6OC(C(=O)O)C(O)C(OC7OC(C)C(O)C(O)C7O)C6OC6OC(CO)C(O)C(O)C6O)C(C)(C=O)C5CCC4(C)C2(C)CC3O)C1OC1OC(C)C(OC2OCC(O)C(O)C2O)C(O)C1O)OC(=O)CC(O)CC(OC1OC(CO)C(O)C1O)C(C)CC. The third-order valence-electron chi connectivity index (χ3n) is 31.8. The van der Waals surface area contributed by atoms with Gasteiger partial charge in [0.1, 0.15) is 140 Å². The Morgan fingerprint density at radius 2 is 1.02 bits per heavy atom. The van der Waals surface area contributed by atoms with E-state index >= 15 is 4.79 Å². The van der Waals surface area contributed by atoms with E-state index in [0.29, 0.717) is 51.4 Å². The third kappa shape index (κ3) is 20.2. The molecule has 746 valence electrons. The van der Waals surface area contributed by atoms with E-state index in [-0.39, 0.29) is 43.9 Å². The molecule has 0 amide bonds. The van der Waals surface area contributed by atoms with E-state index in [1.807, 2.05) is 20.8 Å². The molecule has 12 aliphatic rings. The summed E-state index contributed by atoms with van der Waals surface area (Å²) >= 11 is 0. The standard InChI is InChI=1S/C88H142O42/c1-14-34(3)44(119-52(96)26-40(93)25-45(35(4)15-2)120-78-63(107)58(102)47(31-90)121-78)24-39(92)27-53(97)124-69-55(99)37(6)117-80(72(69)128-77-66(110)61(105)68(38(7)118-77)125-75-62(106)56(100)43(94)32-115-75)130-82(114)88-23-22-83(8,9)28-42(88)41-16-17-49-84(10)20-19-51(85(11,33-91)48(84)18-21-86(49,12)87(41,13)29-50(88)95)123-81-73(129-79-65(109)60(104)57(101)46(30-89)122-79)70(67(111)71(127-81)74(112)113)126-76-64(108)59(103)54(98)36(5)116-76/h16,33-40,42-51,54-73,75-81,89-90,92-95,98-111H,14-15,17-32H2,1-13H3,(H,112,113). The third-order valence-corrected chi connectivity index (χ3v) is 31.8. The molecule has 49 unspecified atom stereocenters. The summed E-state index contributed by atoms with van der Waals surface area (Å²) in [5.74, 6) is -7.25. The summed E-state index contributed by atoms with van der Waals surface area (Å²) in [5.41, 5.74) is -5.45. The Balaban J connectivity index is 0.804. The summed E-state index contributed by atoms with van der Waals surface area (Å²) < 4.78 is 97.3. The number of allylic oxidation sites excluding steroid dienone is 2. The maximum atomic E-state index is 16.4. The second-order valence-electron chi connectivity index (χ2n) is 40.5. The van der Waals surface area contributed by atoms with Crippen molar-refractivity contribution in [2.75, 3.05) is 19.8 Å². The zero-order valence-electron chi connectivity index (χ0n) is 75.8. The number of aldehydes is 1. The number of carboxylic acids is 1. The molecular weight excluding hydrogens is 1730 g/mol. The van der Waals surface area contributed by atoms with Crippen LogP contribution in [-0.2, 0) is 99.8 Å². The summed E-state index contributed by atoms with van der Waals surface area (Å²) in [4.78, 5) is 72.4. The van der Waals surface area contributed by atoms with E-state index in [2.05, 4.69) is 26.8 Å². The fourth-order valence-corrected chi connectivity index (χ4v) is 23.1. The Morgan fingerprint density at radius 3 is 1.64 bits per heavy atom. The van der Waals surface area contributed by atoms with Crippen LogP contribution in [0.3, 0.4) is 0 Å². The van der Waals surface area contributed by atoms with Gasteiger partial charge in [0.2, 0.25) is 6.29 Å². The van der Waals surface area contributed by atoms with Crippen molar-refractivity contribution in [1.82, 2.24) is 0 Å². The molecule has 130 heavy (non-hydrogen) atoms. The molecule has 0 aromatic carbocycles. The number of carboxylic acid groups (broad SMARTS) is 1. The number of carbonyl (C=O) groups excluding carboxylic acids is 4. The predicted octanol–water partition coefficient (Wildman–Crippen LogP) is -3.76. The largest absolute Gasteiger partial charge is 0.479 e. The van der Waals surface area contributed by atoms with E-state index < -0.39 is 346 Å². The molecular formula is C88H142O42. The Morgan fingerprint density at radius 1 is 0.500 bits per heavy atom. The molecule has 11 fully saturated rings. The number of fused-ring (bicyclic) bond motifs is 7. The van der Waals surface area contributed by atoms with Gasteiger partial charge in [0.25, 0.3) is 0 Å². The van der Waals surface area contributed by atoms with Crippen LogP contribution in [-0.4, -0.2) is 397 Å². The highest BCUT2D eigenvalue weighted by atomic mass is 16.8. The maximum Gasteiger partial charge on any atom is 0.335 e. The van der Waals surface area contributed by atoms with Gasteiger partial charge in [0.05, 0.1) is 86.9 Å². The van der Waals surface area contributed by atoms with Crippen LogP contribution < -0.4 is 0 Å². The minimum absolute atomic E-state index is 0.0262. The van der Waals surface area contributed by atoms with Gasteiger partial charge in [-0.25, -0.2) is 4.79 Å². The number of carbonyl (C=O) groups is 5. The fourth-order valence-electron chi connectivity index (χ4n) is 23.1. The predicted molar refractivity (Wildman–Crippen MR) is 436 cm³/mol. The molecule has 42 heteroatoms. The minimum Gasteiger partial charge on any atom is -0.479 e. The van der Waals surface area contributed by atoms with Crippen LogP contribution in [0.5, 0.6) is 0 Å². The normalized spacial score (nSPS) is 48.7. The summed E-state index contributed by atoms with van der Waals surface area (Å²) in [6.07, 6.45) is -63.4. The van der Waals surface area contributed by atoms with Gasteiger partial charge in [-0.15, -0.1) is 0 Å². The summed E-state index contributed by atoms with van der Waals surface area (Å²) in [6, 6.07) is 0. The molecule has 0 aromatic heterocycles. The van der Waals surface area contributed by atoms with Gasteiger partial charge in [-0.3, -0.25) is 14.4 Å². The zero-order valence-corrected chi connectivity index (χ0v) is 75.8. The molecule has 0 spiro atoms.